The van der Waals surface area contributed by atoms with E-state index in [2.05, 4.69) is 0 Å². The molecule has 2 heteroatoms. The van der Waals surface area contributed by atoms with Crippen molar-refractivity contribution >= 4 is 0 Å². The Labute approximate surface area is 96.9 Å². The van der Waals surface area contributed by atoms with Crippen molar-refractivity contribution in [2.24, 2.45) is 5.73 Å². The highest BCUT2D eigenvalue weighted by molar-refractivity contribution is 5.33. The SMILES string of the molecule is CC(N)Cc1ccccc1C1(F)CCCC1. The Kier molecular flexibility index (Phi) is 3.29. The fourth-order valence-corrected chi connectivity index (χ4v) is 2.69. The molecular formula is C14H20FN. The van der Waals surface area contributed by atoms with Crippen molar-refractivity contribution in [3.8, 4) is 0 Å². The molecule has 1 aromatic rings. The number of alkyl halides is 1. The molecule has 0 radical (unpaired) electrons. The van der Waals surface area contributed by atoms with Crippen LogP contribution in [0.25, 0.3) is 0 Å². The van der Waals surface area contributed by atoms with Crippen molar-refractivity contribution in [3.05, 3.63) is 35.4 Å². The van der Waals surface area contributed by atoms with Gasteiger partial charge in [0.2, 0.25) is 0 Å². The van der Waals surface area contributed by atoms with E-state index in [-0.39, 0.29) is 6.04 Å². The first-order valence-electron chi connectivity index (χ1n) is 6.15. The van der Waals surface area contributed by atoms with Crippen LogP contribution in [0.15, 0.2) is 24.3 Å². The van der Waals surface area contributed by atoms with E-state index in [0.717, 1.165) is 30.4 Å². The van der Waals surface area contributed by atoms with Gasteiger partial charge in [-0.1, -0.05) is 24.3 Å². The largest absolute Gasteiger partial charge is 0.328 e. The monoisotopic (exact) mass is 221 g/mol. The van der Waals surface area contributed by atoms with Gasteiger partial charge in [-0.05, 0) is 50.2 Å². The molecular weight excluding hydrogens is 201 g/mol. The summed E-state index contributed by atoms with van der Waals surface area (Å²) in [6.07, 6.45) is 4.11. The Hall–Kier alpha value is -0.890. The molecule has 0 amide bonds. The van der Waals surface area contributed by atoms with E-state index in [9.17, 15) is 4.39 Å². The summed E-state index contributed by atoms with van der Waals surface area (Å²) < 4.78 is 14.7. The van der Waals surface area contributed by atoms with E-state index in [1.54, 1.807) is 0 Å². The second kappa shape index (κ2) is 4.54. The van der Waals surface area contributed by atoms with Gasteiger partial charge in [0, 0.05) is 6.04 Å². The molecule has 16 heavy (non-hydrogen) atoms. The van der Waals surface area contributed by atoms with E-state index in [1.807, 2.05) is 31.2 Å². The van der Waals surface area contributed by atoms with Crippen molar-refractivity contribution in [1.29, 1.82) is 0 Å². The first-order chi connectivity index (χ1) is 7.62. The van der Waals surface area contributed by atoms with Crippen LogP contribution in [0, 0.1) is 0 Å². The molecule has 0 bridgehead atoms. The summed E-state index contributed by atoms with van der Waals surface area (Å²) in [6, 6.07) is 7.94. The third-order valence-corrected chi connectivity index (χ3v) is 3.44. The average molecular weight is 221 g/mol. The van der Waals surface area contributed by atoms with Crippen molar-refractivity contribution < 1.29 is 4.39 Å². The van der Waals surface area contributed by atoms with E-state index in [1.165, 1.54) is 0 Å². The molecule has 0 aromatic heterocycles. The maximum absolute atomic E-state index is 14.7. The number of nitrogens with two attached hydrogens (primary N) is 1. The highest BCUT2D eigenvalue weighted by atomic mass is 19.1. The zero-order chi connectivity index (χ0) is 11.6. The standard InChI is InChI=1S/C14H20FN/c1-11(16)10-12-6-2-3-7-13(12)14(15)8-4-5-9-14/h2-3,6-7,11H,4-5,8-10,16H2,1H3. The van der Waals surface area contributed by atoms with Crippen LogP contribution < -0.4 is 5.73 Å². The van der Waals surface area contributed by atoms with Gasteiger partial charge in [0.05, 0.1) is 0 Å². The third kappa shape index (κ3) is 2.27. The van der Waals surface area contributed by atoms with Crippen LogP contribution in [0.5, 0.6) is 0 Å². The molecule has 1 aromatic carbocycles. The van der Waals surface area contributed by atoms with E-state index in [4.69, 9.17) is 5.73 Å². The molecule has 1 fully saturated rings. The molecule has 1 nitrogen and oxygen atoms in total. The van der Waals surface area contributed by atoms with Crippen molar-refractivity contribution in [3.63, 3.8) is 0 Å². The van der Waals surface area contributed by atoms with Crippen LogP contribution in [0.4, 0.5) is 4.39 Å². The minimum absolute atomic E-state index is 0.0890. The maximum atomic E-state index is 14.7. The normalized spacial score (nSPS) is 20.9. The molecule has 1 saturated carbocycles. The Morgan fingerprint density at radius 1 is 1.31 bits per heavy atom. The Morgan fingerprint density at radius 2 is 1.94 bits per heavy atom. The number of benzene rings is 1. The molecule has 1 aliphatic rings. The molecule has 2 N–H and O–H groups in total. The lowest BCUT2D eigenvalue weighted by atomic mass is 9.88. The zero-order valence-electron chi connectivity index (χ0n) is 9.88. The fourth-order valence-electron chi connectivity index (χ4n) is 2.69. The first-order valence-corrected chi connectivity index (χ1v) is 6.15. The molecule has 0 aliphatic heterocycles. The van der Waals surface area contributed by atoms with Crippen LogP contribution in [0.1, 0.15) is 43.7 Å². The molecule has 1 aliphatic carbocycles. The summed E-state index contributed by atoms with van der Waals surface area (Å²) in [5.41, 5.74) is 6.69. The van der Waals surface area contributed by atoms with E-state index < -0.39 is 5.67 Å². The number of rotatable bonds is 3. The van der Waals surface area contributed by atoms with Gasteiger partial charge in [0.1, 0.15) is 5.67 Å². The summed E-state index contributed by atoms with van der Waals surface area (Å²) in [5.74, 6) is 0. The zero-order valence-corrected chi connectivity index (χ0v) is 9.88. The lowest BCUT2D eigenvalue weighted by Crippen LogP contribution is -2.23. The summed E-state index contributed by atoms with van der Waals surface area (Å²) >= 11 is 0. The van der Waals surface area contributed by atoms with Crippen LogP contribution in [0.2, 0.25) is 0 Å². The highest BCUT2D eigenvalue weighted by Crippen LogP contribution is 2.43. The van der Waals surface area contributed by atoms with Gasteiger partial charge in [-0.25, -0.2) is 4.39 Å². The lowest BCUT2D eigenvalue weighted by molar-refractivity contribution is 0.173. The van der Waals surface area contributed by atoms with Gasteiger partial charge in [0.15, 0.2) is 0 Å². The predicted octanol–water partition coefficient (Wildman–Crippen LogP) is 3.32. The molecule has 0 spiro atoms. The third-order valence-electron chi connectivity index (χ3n) is 3.44. The average Bonchev–Trinajstić information content (AvgIpc) is 2.66. The van der Waals surface area contributed by atoms with Gasteiger partial charge in [-0.2, -0.15) is 0 Å². The van der Waals surface area contributed by atoms with Gasteiger partial charge in [-0.3, -0.25) is 0 Å². The van der Waals surface area contributed by atoms with E-state index in [0.29, 0.717) is 12.8 Å². The lowest BCUT2D eigenvalue weighted by Gasteiger charge is -2.23. The summed E-state index contributed by atoms with van der Waals surface area (Å²) in [7, 11) is 0. The first kappa shape index (κ1) is 11.6. The molecule has 88 valence electrons. The van der Waals surface area contributed by atoms with E-state index >= 15 is 0 Å². The van der Waals surface area contributed by atoms with Gasteiger partial charge >= 0.3 is 0 Å². The van der Waals surface area contributed by atoms with Gasteiger partial charge < -0.3 is 5.73 Å². The van der Waals surface area contributed by atoms with Crippen LogP contribution >= 0.6 is 0 Å². The van der Waals surface area contributed by atoms with Gasteiger partial charge in [0.25, 0.3) is 0 Å². The van der Waals surface area contributed by atoms with Crippen LogP contribution in [0.3, 0.4) is 0 Å². The highest BCUT2D eigenvalue weighted by Gasteiger charge is 2.36. The molecule has 1 unspecified atom stereocenters. The molecule has 0 heterocycles. The second-order valence-corrected chi connectivity index (χ2v) is 5.01. The summed E-state index contributed by atoms with van der Waals surface area (Å²) in [4.78, 5) is 0. The van der Waals surface area contributed by atoms with Crippen LogP contribution in [-0.2, 0) is 12.1 Å². The number of hydrogen-bond acceptors (Lipinski definition) is 1. The molecule has 2 rings (SSSR count). The summed E-state index contributed by atoms with van der Waals surface area (Å²) in [6.45, 7) is 1.97. The number of hydrogen-bond donors (Lipinski definition) is 1. The molecule has 1 atom stereocenters. The molecule has 0 saturated heterocycles. The maximum Gasteiger partial charge on any atom is 0.136 e. The predicted molar refractivity (Wildman–Crippen MR) is 65.0 cm³/mol. The quantitative estimate of drug-likeness (QED) is 0.832. The van der Waals surface area contributed by atoms with Crippen molar-refractivity contribution in [2.75, 3.05) is 0 Å². The fraction of sp³-hybridized carbons (Fsp3) is 0.571. The minimum Gasteiger partial charge on any atom is -0.328 e. The summed E-state index contributed by atoms with van der Waals surface area (Å²) in [5, 5.41) is 0. The number of halogens is 1. The Bertz CT molecular complexity index is 354. The Balaban J connectivity index is 2.32. The van der Waals surface area contributed by atoms with Crippen molar-refractivity contribution in [1.82, 2.24) is 0 Å². The smallest absolute Gasteiger partial charge is 0.136 e. The minimum atomic E-state index is -1.09. The topological polar surface area (TPSA) is 26.0 Å². The van der Waals surface area contributed by atoms with Gasteiger partial charge in [-0.15, -0.1) is 0 Å². The van der Waals surface area contributed by atoms with Crippen LogP contribution in [-0.4, -0.2) is 6.04 Å². The van der Waals surface area contributed by atoms with Crippen molar-refractivity contribution in [2.45, 2.75) is 50.7 Å². The second-order valence-electron chi connectivity index (χ2n) is 5.01. The Morgan fingerprint density at radius 3 is 2.56 bits per heavy atom.